The minimum absolute atomic E-state index is 0.0375. The van der Waals surface area contributed by atoms with E-state index in [4.69, 9.17) is 0 Å². The third-order valence-electron chi connectivity index (χ3n) is 5.24. The maximum absolute atomic E-state index is 12.4. The average Bonchev–Trinajstić information content (AvgIpc) is 2.67. The van der Waals surface area contributed by atoms with Gasteiger partial charge in [-0.3, -0.25) is 9.59 Å². The van der Waals surface area contributed by atoms with Crippen LogP contribution in [0.4, 0.5) is 11.4 Å². The summed E-state index contributed by atoms with van der Waals surface area (Å²) < 4.78 is 0. The molecule has 2 atom stereocenters. The lowest BCUT2D eigenvalue weighted by Crippen LogP contribution is -2.43. The Morgan fingerprint density at radius 3 is 2.67 bits per heavy atom. The number of nitrogens with one attached hydrogen (secondary N) is 3. The highest BCUT2D eigenvalue weighted by Gasteiger charge is 2.29. The van der Waals surface area contributed by atoms with Gasteiger partial charge in [0.2, 0.25) is 5.91 Å². The van der Waals surface area contributed by atoms with Gasteiger partial charge in [0.1, 0.15) is 6.04 Å². The second-order valence-corrected chi connectivity index (χ2v) is 7.52. The third-order valence-corrected chi connectivity index (χ3v) is 5.24. The van der Waals surface area contributed by atoms with E-state index in [2.05, 4.69) is 48.7 Å². The van der Waals surface area contributed by atoms with Crippen LogP contribution in [0.1, 0.15) is 56.8 Å². The van der Waals surface area contributed by atoms with Crippen LogP contribution in [0, 0.1) is 5.92 Å². The van der Waals surface area contributed by atoms with E-state index in [-0.39, 0.29) is 23.8 Å². The lowest BCUT2D eigenvalue weighted by Gasteiger charge is -2.30. The van der Waals surface area contributed by atoms with Crippen LogP contribution < -0.4 is 16.0 Å². The molecule has 1 aromatic carbocycles. The van der Waals surface area contributed by atoms with Crippen molar-refractivity contribution >= 4 is 23.2 Å². The topological polar surface area (TPSA) is 73.5 Å². The molecule has 1 aliphatic rings. The Morgan fingerprint density at radius 1 is 1.22 bits per heavy atom. The van der Waals surface area contributed by atoms with Crippen molar-refractivity contribution in [1.82, 2.24) is 10.2 Å². The molecule has 2 rings (SSSR count). The summed E-state index contributed by atoms with van der Waals surface area (Å²) in [5.74, 6) is 0.105. The summed E-state index contributed by atoms with van der Waals surface area (Å²) in [7, 11) is 2.11. The lowest BCUT2D eigenvalue weighted by molar-refractivity contribution is -0.118. The molecule has 0 bridgehead atoms. The van der Waals surface area contributed by atoms with Crippen molar-refractivity contribution in [2.24, 2.45) is 5.92 Å². The van der Waals surface area contributed by atoms with Crippen LogP contribution in [0.25, 0.3) is 0 Å². The van der Waals surface area contributed by atoms with E-state index in [1.54, 1.807) is 12.1 Å². The molecule has 150 valence electrons. The Morgan fingerprint density at radius 2 is 1.96 bits per heavy atom. The van der Waals surface area contributed by atoms with Gasteiger partial charge in [-0.05, 0) is 57.1 Å². The van der Waals surface area contributed by atoms with Crippen molar-refractivity contribution in [2.45, 2.75) is 52.5 Å². The maximum Gasteiger partial charge on any atom is 0.251 e. The summed E-state index contributed by atoms with van der Waals surface area (Å²) in [5.41, 5.74) is 2.11. The van der Waals surface area contributed by atoms with Crippen LogP contribution in [0.15, 0.2) is 18.2 Å². The van der Waals surface area contributed by atoms with Gasteiger partial charge >= 0.3 is 0 Å². The number of nitrogens with zero attached hydrogens (tertiary/aromatic N) is 1. The smallest absolute Gasteiger partial charge is 0.251 e. The highest BCUT2D eigenvalue weighted by molar-refractivity contribution is 6.05. The first kappa shape index (κ1) is 21.2. The van der Waals surface area contributed by atoms with Crippen molar-refractivity contribution in [3.8, 4) is 0 Å². The number of anilines is 2. The minimum atomic E-state index is -0.230. The van der Waals surface area contributed by atoms with E-state index in [1.165, 1.54) is 12.8 Å². The van der Waals surface area contributed by atoms with E-state index in [1.807, 2.05) is 6.07 Å². The molecule has 0 aliphatic carbocycles. The third kappa shape index (κ3) is 5.96. The molecule has 2 amide bonds. The molecule has 0 fully saturated rings. The SMILES string of the molecule is CCCCN(C)CCCNC(=O)c1ccc2c(c1)NC(=O)[C@@H]([C@@H](C)CC)N2. The normalized spacial score (nSPS) is 17.1. The Labute approximate surface area is 163 Å². The molecule has 0 radical (unpaired) electrons. The number of unbranched alkanes of at least 4 members (excludes halogenated alkanes) is 1. The highest BCUT2D eigenvalue weighted by atomic mass is 16.2. The first-order chi connectivity index (χ1) is 13.0. The number of hydrogen-bond acceptors (Lipinski definition) is 4. The summed E-state index contributed by atoms with van der Waals surface area (Å²) in [5, 5.41) is 9.20. The van der Waals surface area contributed by atoms with Crippen molar-refractivity contribution in [3.63, 3.8) is 0 Å². The predicted molar refractivity (Wildman–Crippen MR) is 111 cm³/mol. The fraction of sp³-hybridized carbons (Fsp3) is 0.619. The lowest BCUT2D eigenvalue weighted by atomic mass is 9.95. The van der Waals surface area contributed by atoms with Crippen LogP contribution in [0.2, 0.25) is 0 Å². The minimum Gasteiger partial charge on any atom is -0.372 e. The molecule has 1 aliphatic heterocycles. The van der Waals surface area contributed by atoms with Crippen LogP contribution in [0.5, 0.6) is 0 Å². The van der Waals surface area contributed by atoms with Gasteiger partial charge in [0.15, 0.2) is 0 Å². The number of rotatable bonds is 10. The van der Waals surface area contributed by atoms with Gasteiger partial charge in [0.25, 0.3) is 5.91 Å². The number of amides is 2. The summed E-state index contributed by atoms with van der Waals surface area (Å²) in [6, 6.07) is 5.19. The largest absolute Gasteiger partial charge is 0.372 e. The first-order valence-corrected chi connectivity index (χ1v) is 10.1. The Balaban J connectivity index is 1.87. The summed E-state index contributed by atoms with van der Waals surface area (Å²) in [6.07, 6.45) is 4.25. The van der Waals surface area contributed by atoms with Crippen molar-refractivity contribution < 1.29 is 9.59 Å². The standard InChI is InChI=1S/C21H34N4O2/c1-5-7-12-25(4)13-8-11-22-20(26)16-9-10-17-18(14-16)24-21(27)19(23-17)15(3)6-2/h9-10,14-15,19,23H,5-8,11-13H2,1-4H3,(H,22,26)(H,24,27)/t15-,19+/m0/s1. The van der Waals surface area contributed by atoms with Crippen LogP contribution in [-0.4, -0.2) is 49.4 Å². The van der Waals surface area contributed by atoms with Gasteiger partial charge in [-0.15, -0.1) is 0 Å². The Bertz CT molecular complexity index is 647. The number of carbonyl (C=O) groups is 2. The quantitative estimate of drug-likeness (QED) is 0.549. The molecule has 6 heteroatoms. The molecule has 0 unspecified atom stereocenters. The molecule has 27 heavy (non-hydrogen) atoms. The highest BCUT2D eigenvalue weighted by Crippen LogP contribution is 2.30. The average molecular weight is 375 g/mol. The number of carbonyl (C=O) groups excluding carboxylic acids is 2. The molecule has 3 N–H and O–H groups in total. The monoisotopic (exact) mass is 374 g/mol. The molecule has 0 aromatic heterocycles. The van der Waals surface area contributed by atoms with E-state index in [0.717, 1.165) is 31.6 Å². The second-order valence-electron chi connectivity index (χ2n) is 7.52. The van der Waals surface area contributed by atoms with Crippen molar-refractivity contribution in [3.05, 3.63) is 23.8 Å². The molecule has 0 saturated carbocycles. The zero-order valence-electron chi connectivity index (χ0n) is 17.1. The molecule has 1 aromatic rings. The Kier molecular flexibility index (Phi) is 8.10. The second kappa shape index (κ2) is 10.3. The van der Waals surface area contributed by atoms with E-state index in [0.29, 0.717) is 17.8 Å². The van der Waals surface area contributed by atoms with Crippen LogP contribution in [-0.2, 0) is 4.79 Å². The van der Waals surface area contributed by atoms with E-state index >= 15 is 0 Å². The zero-order valence-corrected chi connectivity index (χ0v) is 17.1. The molecular formula is C21H34N4O2. The number of hydrogen-bond donors (Lipinski definition) is 3. The van der Waals surface area contributed by atoms with Gasteiger partial charge in [0.05, 0.1) is 11.4 Å². The first-order valence-electron chi connectivity index (χ1n) is 10.1. The number of fused-ring (bicyclic) bond motifs is 1. The molecule has 6 nitrogen and oxygen atoms in total. The van der Waals surface area contributed by atoms with Crippen LogP contribution in [0.3, 0.4) is 0 Å². The molecule has 1 heterocycles. The molecular weight excluding hydrogens is 340 g/mol. The summed E-state index contributed by atoms with van der Waals surface area (Å²) in [6.45, 7) is 9.04. The van der Waals surface area contributed by atoms with Crippen molar-refractivity contribution in [1.29, 1.82) is 0 Å². The fourth-order valence-electron chi connectivity index (χ4n) is 3.19. The van der Waals surface area contributed by atoms with Gasteiger partial charge in [-0.25, -0.2) is 0 Å². The van der Waals surface area contributed by atoms with Gasteiger partial charge in [-0.2, -0.15) is 0 Å². The predicted octanol–water partition coefficient (Wildman–Crippen LogP) is 3.32. The zero-order chi connectivity index (χ0) is 19.8. The van der Waals surface area contributed by atoms with Gasteiger partial charge < -0.3 is 20.9 Å². The van der Waals surface area contributed by atoms with Crippen LogP contribution >= 0.6 is 0 Å². The van der Waals surface area contributed by atoms with E-state index in [9.17, 15) is 9.59 Å². The van der Waals surface area contributed by atoms with Gasteiger partial charge in [-0.1, -0.05) is 33.6 Å². The van der Waals surface area contributed by atoms with E-state index < -0.39 is 0 Å². The van der Waals surface area contributed by atoms with Gasteiger partial charge in [0, 0.05) is 12.1 Å². The van der Waals surface area contributed by atoms with Crippen molar-refractivity contribution in [2.75, 3.05) is 37.3 Å². The maximum atomic E-state index is 12.4. The summed E-state index contributed by atoms with van der Waals surface area (Å²) in [4.78, 5) is 27.0. The summed E-state index contributed by atoms with van der Waals surface area (Å²) >= 11 is 0. The molecule has 0 saturated heterocycles. The molecule has 0 spiro atoms. The Hall–Kier alpha value is -2.08. The number of benzene rings is 1. The fourth-order valence-corrected chi connectivity index (χ4v) is 3.19.